The van der Waals surface area contributed by atoms with E-state index in [2.05, 4.69) is 10.2 Å². The van der Waals surface area contributed by atoms with E-state index in [9.17, 15) is 4.79 Å². The fraction of sp³-hybridized carbons (Fsp3) is 0.409. The molecule has 1 aliphatic rings. The molecule has 8 heteroatoms. The van der Waals surface area contributed by atoms with Gasteiger partial charge in [0.2, 0.25) is 5.91 Å². The van der Waals surface area contributed by atoms with Gasteiger partial charge in [-0.25, -0.2) is 0 Å². The van der Waals surface area contributed by atoms with E-state index in [4.69, 9.17) is 15.2 Å². The summed E-state index contributed by atoms with van der Waals surface area (Å²) in [7, 11) is 0. The third-order valence-electron chi connectivity index (χ3n) is 4.91. The van der Waals surface area contributed by atoms with Crippen LogP contribution < -0.4 is 15.8 Å². The molecule has 0 bridgehead atoms. The molecule has 1 atom stereocenters. The highest BCUT2D eigenvalue weighted by molar-refractivity contribution is 5.85. The van der Waals surface area contributed by atoms with Crippen molar-refractivity contribution in [3.05, 3.63) is 65.2 Å². The van der Waals surface area contributed by atoms with Crippen molar-refractivity contribution in [1.82, 2.24) is 10.2 Å². The van der Waals surface area contributed by atoms with Crippen LogP contribution in [0.1, 0.15) is 22.7 Å². The molecule has 30 heavy (non-hydrogen) atoms. The van der Waals surface area contributed by atoms with Gasteiger partial charge in [0.05, 0.1) is 13.2 Å². The predicted octanol–water partition coefficient (Wildman–Crippen LogP) is 2.87. The number of carbonyl (C=O) groups is 1. The van der Waals surface area contributed by atoms with Gasteiger partial charge in [-0.1, -0.05) is 48.0 Å². The summed E-state index contributed by atoms with van der Waals surface area (Å²) in [6.45, 7) is 7.30. The summed E-state index contributed by atoms with van der Waals surface area (Å²) < 4.78 is 11.3. The molecule has 0 aliphatic carbocycles. The van der Waals surface area contributed by atoms with Crippen LogP contribution in [-0.2, 0) is 16.1 Å². The van der Waals surface area contributed by atoms with Gasteiger partial charge in [-0.15, -0.1) is 24.8 Å². The van der Waals surface area contributed by atoms with E-state index >= 15 is 0 Å². The number of rotatable bonds is 8. The number of hydrogen-bond acceptors (Lipinski definition) is 5. The highest BCUT2D eigenvalue weighted by atomic mass is 35.5. The molecule has 1 amide bonds. The Bertz CT molecular complexity index is 768. The lowest BCUT2D eigenvalue weighted by Crippen LogP contribution is -2.38. The molecule has 2 aromatic carbocycles. The van der Waals surface area contributed by atoms with Gasteiger partial charge in [0.1, 0.15) is 18.4 Å². The van der Waals surface area contributed by atoms with E-state index < -0.39 is 6.04 Å². The second kappa shape index (κ2) is 13.5. The van der Waals surface area contributed by atoms with Crippen LogP contribution in [0.2, 0.25) is 0 Å². The Kier molecular flexibility index (Phi) is 11.8. The average Bonchev–Trinajstić information content (AvgIpc) is 2.73. The van der Waals surface area contributed by atoms with Crippen molar-refractivity contribution >= 4 is 30.7 Å². The number of amides is 1. The van der Waals surface area contributed by atoms with Gasteiger partial charge in [0.15, 0.2) is 0 Å². The van der Waals surface area contributed by atoms with Crippen LogP contribution in [0.15, 0.2) is 48.5 Å². The number of para-hydroxylation sites is 1. The molecule has 166 valence electrons. The topological polar surface area (TPSA) is 76.8 Å². The second-order valence-electron chi connectivity index (χ2n) is 7.02. The third kappa shape index (κ3) is 7.78. The minimum atomic E-state index is -0.685. The summed E-state index contributed by atoms with van der Waals surface area (Å²) in [6, 6.07) is 14.8. The predicted molar refractivity (Wildman–Crippen MR) is 124 cm³/mol. The minimum Gasteiger partial charge on any atom is -0.492 e. The lowest BCUT2D eigenvalue weighted by Gasteiger charge is -2.26. The molecular formula is C22H31Cl2N3O3. The van der Waals surface area contributed by atoms with Crippen LogP contribution in [-0.4, -0.2) is 50.3 Å². The lowest BCUT2D eigenvalue weighted by molar-refractivity contribution is -0.122. The fourth-order valence-corrected chi connectivity index (χ4v) is 3.12. The first kappa shape index (κ1) is 26.2. The van der Waals surface area contributed by atoms with Crippen LogP contribution in [0.4, 0.5) is 0 Å². The molecule has 0 aromatic heterocycles. The molecule has 1 fully saturated rings. The molecule has 1 aliphatic heterocycles. The molecule has 0 radical (unpaired) electrons. The first-order chi connectivity index (χ1) is 13.6. The average molecular weight is 456 g/mol. The number of nitrogens with one attached hydrogen (secondary N) is 1. The Balaban J connectivity index is 0.00000225. The first-order valence-corrected chi connectivity index (χ1v) is 9.74. The summed E-state index contributed by atoms with van der Waals surface area (Å²) in [4.78, 5) is 14.8. The number of benzene rings is 2. The van der Waals surface area contributed by atoms with Gasteiger partial charge in [0.25, 0.3) is 0 Å². The van der Waals surface area contributed by atoms with E-state index in [1.165, 1.54) is 0 Å². The number of carbonyl (C=O) groups excluding carboxylic acids is 1. The Hall–Kier alpha value is -1.83. The maximum absolute atomic E-state index is 12.4. The van der Waals surface area contributed by atoms with Gasteiger partial charge in [-0.3, -0.25) is 9.69 Å². The van der Waals surface area contributed by atoms with Gasteiger partial charge >= 0.3 is 0 Å². The number of nitrogens with two attached hydrogens (primary N) is 1. The summed E-state index contributed by atoms with van der Waals surface area (Å²) in [5, 5.41) is 2.92. The Labute approximate surface area is 190 Å². The van der Waals surface area contributed by atoms with Gasteiger partial charge in [-0.2, -0.15) is 0 Å². The van der Waals surface area contributed by atoms with Crippen molar-refractivity contribution in [2.75, 3.05) is 39.5 Å². The Morgan fingerprint density at radius 2 is 1.80 bits per heavy atom. The lowest BCUT2D eigenvalue weighted by atomic mass is 10.1. The Morgan fingerprint density at radius 3 is 2.50 bits per heavy atom. The van der Waals surface area contributed by atoms with E-state index in [-0.39, 0.29) is 30.7 Å². The number of ether oxygens (including phenoxy) is 2. The van der Waals surface area contributed by atoms with E-state index in [1.54, 1.807) is 0 Å². The van der Waals surface area contributed by atoms with Crippen molar-refractivity contribution < 1.29 is 14.3 Å². The normalized spacial score (nSPS) is 14.7. The van der Waals surface area contributed by atoms with E-state index in [1.807, 2.05) is 55.5 Å². The SMILES string of the molecule is Cc1ccc(C(N)C(=O)NCc2ccccc2OCCN2CCOCC2)cc1.Cl.Cl. The molecule has 1 heterocycles. The van der Waals surface area contributed by atoms with Crippen molar-refractivity contribution in [2.45, 2.75) is 19.5 Å². The summed E-state index contributed by atoms with van der Waals surface area (Å²) in [6.07, 6.45) is 0. The highest BCUT2D eigenvalue weighted by Gasteiger charge is 2.16. The van der Waals surface area contributed by atoms with Crippen LogP contribution >= 0.6 is 24.8 Å². The number of hydrogen-bond donors (Lipinski definition) is 2. The molecule has 1 saturated heterocycles. The first-order valence-electron chi connectivity index (χ1n) is 9.74. The van der Waals surface area contributed by atoms with Gasteiger partial charge < -0.3 is 20.5 Å². The quantitative estimate of drug-likeness (QED) is 0.639. The Morgan fingerprint density at radius 1 is 1.13 bits per heavy atom. The maximum Gasteiger partial charge on any atom is 0.241 e. The molecule has 0 spiro atoms. The zero-order valence-electron chi connectivity index (χ0n) is 17.2. The number of halogens is 2. The van der Waals surface area contributed by atoms with Gasteiger partial charge in [-0.05, 0) is 18.6 Å². The molecular weight excluding hydrogens is 425 g/mol. The smallest absolute Gasteiger partial charge is 0.241 e. The summed E-state index contributed by atoms with van der Waals surface area (Å²) >= 11 is 0. The molecule has 3 N–H and O–H groups in total. The van der Waals surface area contributed by atoms with E-state index in [0.717, 1.165) is 55.3 Å². The summed E-state index contributed by atoms with van der Waals surface area (Å²) in [5.74, 6) is 0.590. The van der Waals surface area contributed by atoms with Gasteiger partial charge in [0, 0.05) is 31.7 Å². The van der Waals surface area contributed by atoms with Crippen molar-refractivity contribution in [2.24, 2.45) is 5.73 Å². The number of morpholine rings is 1. The fourth-order valence-electron chi connectivity index (χ4n) is 3.12. The molecule has 6 nitrogen and oxygen atoms in total. The van der Waals surface area contributed by atoms with Crippen molar-refractivity contribution in [1.29, 1.82) is 0 Å². The number of aryl methyl sites for hydroxylation is 1. The zero-order valence-corrected chi connectivity index (χ0v) is 18.8. The second-order valence-corrected chi connectivity index (χ2v) is 7.02. The largest absolute Gasteiger partial charge is 0.492 e. The molecule has 2 aromatic rings. The van der Waals surface area contributed by atoms with Crippen LogP contribution in [0.3, 0.4) is 0 Å². The number of nitrogens with zero attached hydrogens (tertiary/aromatic N) is 1. The summed E-state index contributed by atoms with van der Waals surface area (Å²) in [5.41, 5.74) is 8.98. The maximum atomic E-state index is 12.4. The molecule has 3 rings (SSSR count). The standard InChI is InChI=1S/C22H29N3O3.2ClH/c1-17-6-8-18(9-7-17)21(23)22(26)24-16-19-4-2-3-5-20(19)28-15-12-25-10-13-27-14-11-25;;/h2-9,21H,10-16,23H2,1H3,(H,24,26);2*1H. The van der Waals surface area contributed by atoms with Crippen LogP contribution in [0, 0.1) is 6.92 Å². The molecule has 1 unspecified atom stereocenters. The monoisotopic (exact) mass is 455 g/mol. The van der Waals surface area contributed by atoms with E-state index in [0.29, 0.717) is 13.2 Å². The zero-order chi connectivity index (χ0) is 19.8. The highest BCUT2D eigenvalue weighted by Crippen LogP contribution is 2.18. The van der Waals surface area contributed by atoms with Crippen molar-refractivity contribution in [3.8, 4) is 5.75 Å². The molecule has 0 saturated carbocycles. The van der Waals surface area contributed by atoms with Crippen LogP contribution in [0.5, 0.6) is 5.75 Å². The van der Waals surface area contributed by atoms with Crippen LogP contribution in [0.25, 0.3) is 0 Å². The minimum absolute atomic E-state index is 0. The third-order valence-corrected chi connectivity index (χ3v) is 4.91. The van der Waals surface area contributed by atoms with Crippen molar-refractivity contribution in [3.63, 3.8) is 0 Å².